The molecular formula is C23H23NO5S. The van der Waals surface area contributed by atoms with E-state index in [0.29, 0.717) is 12.2 Å². The first kappa shape index (κ1) is 20.4. The number of carbonyl (C=O) groups excluding carboxylic acids is 2. The summed E-state index contributed by atoms with van der Waals surface area (Å²) in [7, 11) is 0. The summed E-state index contributed by atoms with van der Waals surface area (Å²) in [6, 6.07) is 10.2. The molecule has 30 heavy (non-hydrogen) atoms. The second-order valence-corrected chi connectivity index (χ2v) is 8.48. The van der Waals surface area contributed by atoms with Gasteiger partial charge in [0.2, 0.25) is 5.78 Å². The quantitative estimate of drug-likeness (QED) is 0.550. The van der Waals surface area contributed by atoms with Crippen molar-refractivity contribution in [2.24, 2.45) is 0 Å². The molecule has 1 atom stereocenters. The molecule has 0 bridgehead atoms. The summed E-state index contributed by atoms with van der Waals surface area (Å²) in [5.74, 6) is -1.48. The Balaban J connectivity index is 1.74. The highest BCUT2D eigenvalue weighted by Crippen LogP contribution is 2.42. The summed E-state index contributed by atoms with van der Waals surface area (Å²) < 4.78 is 11.3. The molecule has 6 nitrogen and oxygen atoms in total. The van der Waals surface area contributed by atoms with E-state index in [1.54, 1.807) is 12.1 Å². The number of benzene rings is 1. The number of hydrogen-bond acceptors (Lipinski definition) is 6. The molecule has 4 rings (SSSR count). The fraction of sp³-hybridized carbons (Fsp3) is 0.304. The fourth-order valence-electron chi connectivity index (χ4n) is 3.67. The first-order valence-electron chi connectivity index (χ1n) is 9.81. The van der Waals surface area contributed by atoms with E-state index in [1.165, 1.54) is 16.2 Å². The molecule has 0 aliphatic carbocycles. The third-order valence-corrected chi connectivity index (χ3v) is 6.20. The van der Waals surface area contributed by atoms with Crippen molar-refractivity contribution in [2.45, 2.75) is 32.9 Å². The van der Waals surface area contributed by atoms with Crippen LogP contribution in [-0.2, 0) is 9.53 Å². The highest BCUT2D eigenvalue weighted by molar-refractivity contribution is 7.10. The number of thiophene rings is 1. The van der Waals surface area contributed by atoms with Crippen LogP contribution < -0.4 is 0 Å². The van der Waals surface area contributed by atoms with Gasteiger partial charge in [0.15, 0.2) is 11.5 Å². The molecule has 1 amide bonds. The molecule has 156 valence electrons. The molecule has 0 saturated carbocycles. The number of rotatable bonds is 7. The van der Waals surface area contributed by atoms with Crippen molar-refractivity contribution in [2.75, 3.05) is 13.2 Å². The fourth-order valence-corrected chi connectivity index (χ4v) is 4.71. The topological polar surface area (TPSA) is 80.0 Å². The van der Waals surface area contributed by atoms with Gasteiger partial charge in [0.05, 0.1) is 18.3 Å². The molecule has 3 aromatic rings. The molecule has 0 radical (unpaired) electrons. The number of aryl methyl sites for hydroxylation is 1. The summed E-state index contributed by atoms with van der Waals surface area (Å²) in [4.78, 5) is 28.7. The largest absolute Gasteiger partial charge is 0.503 e. The molecule has 1 unspecified atom stereocenters. The average Bonchev–Trinajstić information content (AvgIpc) is 3.39. The monoisotopic (exact) mass is 425 g/mol. The van der Waals surface area contributed by atoms with E-state index >= 15 is 0 Å². The molecule has 7 heteroatoms. The van der Waals surface area contributed by atoms with Gasteiger partial charge in [-0.2, -0.15) is 0 Å². The van der Waals surface area contributed by atoms with Crippen LogP contribution in [0.15, 0.2) is 57.5 Å². The molecule has 1 aromatic carbocycles. The number of amides is 1. The minimum Gasteiger partial charge on any atom is -0.503 e. The molecule has 1 N–H and O–H groups in total. The van der Waals surface area contributed by atoms with Crippen molar-refractivity contribution in [3.05, 3.63) is 69.3 Å². The highest BCUT2D eigenvalue weighted by Gasteiger charge is 2.45. The van der Waals surface area contributed by atoms with Gasteiger partial charge in [0.1, 0.15) is 11.6 Å². The van der Waals surface area contributed by atoms with Crippen molar-refractivity contribution in [3.63, 3.8) is 0 Å². The Hall–Kier alpha value is -2.90. The predicted octanol–water partition coefficient (Wildman–Crippen LogP) is 4.81. The molecule has 1 aliphatic heterocycles. The smallest absolute Gasteiger partial charge is 0.290 e. The van der Waals surface area contributed by atoms with Crippen molar-refractivity contribution in [1.82, 2.24) is 4.90 Å². The number of fused-ring (bicyclic) bond motifs is 1. The maximum Gasteiger partial charge on any atom is 0.290 e. The van der Waals surface area contributed by atoms with E-state index in [9.17, 15) is 14.7 Å². The van der Waals surface area contributed by atoms with Crippen molar-refractivity contribution >= 4 is 34.0 Å². The molecular weight excluding hydrogens is 402 g/mol. The van der Waals surface area contributed by atoms with Gasteiger partial charge >= 0.3 is 0 Å². The number of ether oxygens (including phenoxy) is 1. The number of para-hydroxylation sites is 1. The maximum absolute atomic E-state index is 13.4. The Kier molecular flexibility index (Phi) is 5.49. The van der Waals surface area contributed by atoms with E-state index in [0.717, 1.165) is 15.8 Å². The lowest BCUT2D eigenvalue weighted by molar-refractivity contribution is -0.130. The van der Waals surface area contributed by atoms with Crippen molar-refractivity contribution in [3.8, 4) is 0 Å². The number of aliphatic hydroxyl groups is 1. The lowest BCUT2D eigenvalue weighted by Gasteiger charge is -2.26. The van der Waals surface area contributed by atoms with Gasteiger partial charge in [-0.3, -0.25) is 9.59 Å². The second-order valence-electron chi connectivity index (χ2n) is 7.53. The number of Topliss-reactive ketones (excluding diaryl/α,β-unsaturated/α-hetero) is 1. The van der Waals surface area contributed by atoms with Crippen LogP contribution in [0, 0.1) is 6.92 Å². The van der Waals surface area contributed by atoms with Crippen molar-refractivity contribution < 1.29 is 23.8 Å². The highest BCUT2D eigenvalue weighted by atomic mass is 32.1. The molecule has 0 fully saturated rings. The zero-order valence-corrected chi connectivity index (χ0v) is 17.9. The number of aliphatic hydroxyl groups excluding tert-OH is 1. The molecule has 3 heterocycles. The number of furan rings is 1. The van der Waals surface area contributed by atoms with E-state index in [4.69, 9.17) is 9.15 Å². The summed E-state index contributed by atoms with van der Waals surface area (Å²) in [6.07, 6.45) is 0.0165. The SMILES string of the molecule is Cc1ccsc1C1C(C(=O)c2cc3ccccc3o2)=C(O)C(=O)N1CCOC(C)C. The third kappa shape index (κ3) is 3.55. The van der Waals surface area contributed by atoms with E-state index in [1.807, 2.05) is 50.4 Å². The summed E-state index contributed by atoms with van der Waals surface area (Å²) in [6.45, 7) is 6.33. The van der Waals surface area contributed by atoms with E-state index < -0.39 is 23.5 Å². The number of ketones is 1. The Morgan fingerprint density at radius 1 is 1.30 bits per heavy atom. The van der Waals surface area contributed by atoms with Crippen LogP contribution in [0.5, 0.6) is 0 Å². The lowest BCUT2D eigenvalue weighted by atomic mass is 9.98. The Bertz CT molecular complexity index is 1110. The summed E-state index contributed by atoms with van der Waals surface area (Å²) >= 11 is 1.45. The zero-order valence-electron chi connectivity index (χ0n) is 17.0. The standard InChI is InChI=1S/C23H23NO5S/c1-13(2)28-10-9-24-19(22-14(3)8-11-30-22)18(21(26)23(24)27)20(25)17-12-15-6-4-5-7-16(15)29-17/h4-8,11-13,19,26H,9-10H2,1-3H3. The Labute approximate surface area is 178 Å². The first-order chi connectivity index (χ1) is 14.4. The third-order valence-electron chi connectivity index (χ3n) is 5.13. The van der Waals surface area contributed by atoms with Gasteiger partial charge in [-0.15, -0.1) is 11.3 Å². The van der Waals surface area contributed by atoms with Crippen LogP contribution in [-0.4, -0.2) is 41.0 Å². The first-order valence-corrected chi connectivity index (χ1v) is 10.7. The minimum absolute atomic E-state index is 0.0165. The van der Waals surface area contributed by atoms with Gasteiger partial charge in [0, 0.05) is 16.8 Å². The van der Waals surface area contributed by atoms with Crippen LogP contribution in [0.25, 0.3) is 11.0 Å². The molecule has 1 aliphatic rings. The van der Waals surface area contributed by atoms with E-state index in [-0.39, 0.29) is 24.0 Å². The Morgan fingerprint density at radius 3 is 2.73 bits per heavy atom. The molecule has 2 aromatic heterocycles. The van der Waals surface area contributed by atoms with Crippen LogP contribution in [0.1, 0.15) is 40.9 Å². The predicted molar refractivity (Wildman–Crippen MR) is 115 cm³/mol. The van der Waals surface area contributed by atoms with E-state index in [2.05, 4.69) is 0 Å². The number of carbonyl (C=O) groups is 2. The summed E-state index contributed by atoms with van der Waals surface area (Å²) in [5, 5.41) is 13.4. The van der Waals surface area contributed by atoms with Crippen molar-refractivity contribution in [1.29, 1.82) is 0 Å². The maximum atomic E-state index is 13.4. The van der Waals surface area contributed by atoms with Gasteiger partial charge in [-0.25, -0.2) is 0 Å². The van der Waals surface area contributed by atoms with Gasteiger partial charge in [-0.05, 0) is 49.9 Å². The van der Waals surface area contributed by atoms with Gasteiger partial charge < -0.3 is 19.2 Å². The number of hydrogen-bond donors (Lipinski definition) is 1. The van der Waals surface area contributed by atoms with Gasteiger partial charge in [0.25, 0.3) is 5.91 Å². The normalized spacial score (nSPS) is 17.0. The van der Waals surface area contributed by atoms with Crippen LogP contribution in [0.3, 0.4) is 0 Å². The number of nitrogens with zero attached hydrogens (tertiary/aromatic N) is 1. The lowest BCUT2D eigenvalue weighted by Crippen LogP contribution is -2.34. The zero-order chi connectivity index (χ0) is 21.4. The van der Waals surface area contributed by atoms with Crippen LogP contribution in [0.2, 0.25) is 0 Å². The van der Waals surface area contributed by atoms with Gasteiger partial charge in [-0.1, -0.05) is 18.2 Å². The summed E-state index contributed by atoms with van der Waals surface area (Å²) in [5.41, 5.74) is 1.59. The second kappa shape index (κ2) is 8.08. The minimum atomic E-state index is -0.672. The molecule has 0 spiro atoms. The molecule has 0 saturated heterocycles. The average molecular weight is 426 g/mol. The Morgan fingerprint density at radius 2 is 2.07 bits per heavy atom. The van der Waals surface area contributed by atoms with Crippen LogP contribution in [0.4, 0.5) is 0 Å². The van der Waals surface area contributed by atoms with Crippen LogP contribution >= 0.6 is 11.3 Å².